The zero-order valence-corrected chi connectivity index (χ0v) is 15.3. The van der Waals surface area contributed by atoms with E-state index in [4.69, 9.17) is 4.74 Å². The van der Waals surface area contributed by atoms with Gasteiger partial charge in [-0.2, -0.15) is 0 Å². The molecule has 0 unspecified atom stereocenters. The topological polar surface area (TPSA) is 32.8 Å². The lowest BCUT2D eigenvalue weighted by Crippen LogP contribution is -2.55. The first-order chi connectivity index (χ1) is 10.6. The SMILES string of the molecule is C[C@@H]1CN(c2cc(F)c(Br)cc2F)CCN1C(=O)OC(C)(C)C. The third-order valence-corrected chi connectivity index (χ3v) is 4.19. The summed E-state index contributed by atoms with van der Waals surface area (Å²) in [7, 11) is 0. The molecule has 1 aliphatic rings. The Balaban J connectivity index is 2.10. The van der Waals surface area contributed by atoms with E-state index in [9.17, 15) is 13.6 Å². The minimum absolute atomic E-state index is 0.0965. The number of nitrogens with zero attached hydrogens (tertiary/aromatic N) is 2. The number of amides is 1. The molecule has 1 aliphatic heterocycles. The normalized spacial score (nSPS) is 19.0. The van der Waals surface area contributed by atoms with E-state index < -0.39 is 17.2 Å². The van der Waals surface area contributed by atoms with E-state index in [-0.39, 0.29) is 22.3 Å². The summed E-state index contributed by atoms with van der Waals surface area (Å²) in [6.07, 6.45) is -0.382. The van der Waals surface area contributed by atoms with Crippen molar-refractivity contribution in [3.05, 3.63) is 28.2 Å². The van der Waals surface area contributed by atoms with Gasteiger partial charge >= 0.3 is 6.09 Å². The van der Waals surface area contributed by atoms with Crippen molar-refractivity contribution in [3.8, 4) is 0 Å². The van der Waals surface area contributed by atoms with Crippen LogP contribution >= 0.6 is 15.9 Å². The van der Waals surface area contributed by atoms with Crippen LogP contribution < -0.4 is 4.90 Å². The summed E-state index contributed by atoms with van der Waals surface area (Å²) in [5, 5.41) is 0. The van der Waals surface area contributed by atoms with Crippen LogP contribution in [-0.4, -0.2) is 42.3 Å². The molecule has 0 saturated carbocycles. The Hall–Kier alpha value is -1.37. The summed E-state index contributed by atoms with van der Waals surface area (Å²) < 4.78 is 33.2. The van der Waals surface area contributed by atoms with E-state index in [0.717, 1.165) is 6.07 Å². The van der Waals surface area contributed by atoms with Crippen molar-refractivity contribution >= 4 is 27.7 Å². The quantitative estimate of drug-likeness (QED) is 0.674. The number of halogens is 3. The van der Waals surface area contributed by atoms with Gasteiger partial charge in [0.25, 0.3) is 0 Å². The lowest BCUT2D eigenvalue weighted by molar-refractivity contribution is 0.0159. The van der Waals surface area contributed by atoms with Gasteiger partial charge in [0, 0.05) is 31.7 Å². The van der Waals surface area contributed by atoms with Gasteiger partial charge in [-0.15, -0.1) is 0 Å². The molecule has 0 aliphatic carbocycles. The summed E-state index contributed by atoms with van der Waals surface area (Å²) in [5.41, 5.74) is -0.351. The highest BCUT2D eigenvalue weighted by molar-refractivity contribution is 9.10. The molecule has 1 fully saturated rings. The van der Waals surface area contributed by atoms with Crippen LogP contribution in [0.5, 0.6) is 0 Å². The van der Waals surface area contributed by atoms with Gasteiger partial charge in [0.1, 0.15) is 17.2 Å². The first-order valence-electron chi connectivity index (χ1n) is 7.47. The molecule has 1 saturated heterocycles. The number of piperazine rings is 1. The molecule has 0 radical (unpaired) electrons. The highest BCUT2D eigenvalue weighted by atomic mass is 79.9. The highest BCUT2D eigenvalue weighted by Crippen LogP contribution is 2.28. The van der Waals surface area contributed by atoms with Crippen molar-refractivity contribution in [3.63, 3.8) is 0 Å². The molecule has 1 aromatic rings. The van der Waals surface area contributed by atoms with E-state index in [1.165, 1.54) is 6.07 Å². The molecule has 0 bridgehead atoms. The van der Waals surface area contributed by atoms with E-state index >= 15 is 0 Å². The number of carbonyl (C=O) groups is 1. The minimum Gasteiger partial charge on any atom is -0.444 e. The summed E-state index contributed by atoms with van der Waals surface area (Å²) in [6, 6.07) is 2.13. The number of rotatable bonds is 1. The maximum Gasteiger partial charge on any atom is 0.410 e. The van der Waals surface area contributed by atoms with Crippen molar-refractivity contribution in [2.75, 3.05) is 24.5 Å². The van der Waals surface area contributed by atoms with Crippen molar-refractivity contribution in [1.82, 2.24) is 4.90 Å². The predicted octanol–water partition coefficient (Wildman–Crippen LogP) is 4.17. The summed E-state index contributed by atoms with van der Waals surface area (Å²) >= 11 is 2.97. The van der Waals surface area contributed by atoms with Crippen LogP contribution in [0.2, 0.25) is 0 Å². The molecule has 0 N–H and O–H groups in total. The van der Waals surface area contributed by atoms with Gasteiger partial charge in [-0.05, 0) is 49.7 Å². The zero-order chi connectivity index (χ0) is 17.4. The second-order valence-electron chi connectivity index (χ2n) is 6.69. The molecular weight excluding hydrogens is 370 g/mol. The van der Waals surface area contributed by atoms with Gasteiger partial charge in [0.2, 0.25) is 0 Å². The molecule has 23 heavy (non-hydrogen) atoms. The Morgan fingerprint density at radius 3 is 2.48 bits per heavy atom. The predicted molar refractivity (Wildman–Crippen MR) is 88.7 cm³/mol. The van der Waals surface area contributed by atoms with E-state index in [0.29, 0.717) is 19.6 Å². The van der Waals surface area contributed by atoms with Crippen LogP contribution in [0.3, 0.4) is 0 Å². The maximum atomic E-state index is 14.1. The Morgan fingerprint density at radius 1 is 1.26 bits per heavy atom. The van der Waals surface area contributed by atoms with Gasteiger partial charge in [-0.3, -0.25) is 0 Å². The smallest absolute Gasteiger partial charge is 0.410 e. The fourth-order valence-corrected chi connectivity index (χ4v) is 2.84. The Bertz CT molecular complexity index is 604. The van der Waals surface area contributed by atoms with Crippen molar-refractivity contribution in [1.29, 1.82) is 0 Å². The van der Waals surface area contributed by atoms with Crippen LogP contribution in [0.15, 0.2) is 16.6 Å². The summed E-state index contributed by atoms with van der Waals surface area (Å²) in [4.78, 5) is 15.5. The van der Waals surface area contributed by atoms with Crippen molar-refractivity contribution < 1.29 is 18.3 Å². The van der Waals surface area contributed by atoms with Crippen LogP contribution in [0.25, 0.3) is 0 Å². The number of benzene rings is 1. The van der Waals surface area contributed by atoms with Gasteiger partial charge < -0.3 is 14.5 Å². The molecule has 0 aromatic heterocycles. The number of anilines is 1. The molecule has 2 rings (SSSR count). The van der Waals surface area contributed by atoms with Gasteiger partial charge in [0.05, 0.1) is 10.2 Å². The van der Waals surface area contributed by atoms with Gasteiger partial charge in [-0.25, -0.2) is 13.6 Å². The summed E-state index contributed by atoms with van der Waals surface area (Å²) in [5.74, 6) is -1.00. The van der Waals surface area contributed by atoms with Crippen LogP contribution in [0.1, 0.15) is 27.7 Å². The molecule has 7 heteroatoms. The Morgan fingerprint density at radius 2 is 1.91 bits per heavy atom. The lowest BCUT2D eigenvalue weighted by Gasteiger charge is -2.41. The Labute approximate surface area is 143 Å². The average Bonchev–Trinajstić information content (AvgIpc) is 2.40. The van der Waals surface area contributed by atoms with Crippen LogP contribution in [0.4, 0.5) is 19.3 Å². The molecule has 128 valence electrons. The highest BCUT2D eigenvalue weighted by Gasteiger charge is 2.31. The van der Waals surface area contributed by atoms with E-state index in [1.807, 2.05) is 27.7 Å². The largest absolute Gasteiger partial charge is 0.444 e. The van der Waals surface area contributed by atoms with Gasteiger partial charge in [-0.1, -0.05) is 0 Å². The third kappa shape index (κ3) is 4.34. The zero-order valence-electron chi connectivity index (χ0n) is 13.7. The molecular formula is C16H21BrF2N2O2. The summed E-state index contributed by atoms with van der Waals surface area (Å²) in [6.45, 7) is 8.53. The second-order valence-corrected chi connectivity index (χ2v) is 7.54. The third-order valence-electron chi connectivity index (χ3n) is 3.59. The molecule has 0 spiro atoms. The molecule has 4 nitrogen and oxygen atoms in total. The minimum atomic E-state index is -0.561. The van der Waals surface area contributed by atoms with E-state index in [2.05, 4.69) is 15.9 Å². The van der Waals surface area contributed by atoms with Crippen molar-refractivity contribution in [2.45, 2.75) is 39.3 Å². The Kier molecular flexibility index (Phi) is 5.18. The average molecular weight is 391 g/mol. The fourth-order valence-electron chi connectivity index (χ4n) is 2.52. The van der Waals surface area contributed by atoms with Crippen LogP contribution in [0, 0.1) is 11.6 Å². The first kappa shape index (κ1) is 18.0. The number of hydrogen-bond donors (Lipinski definition) is 0. The standard InChI is InChI=1S/C16H21BrF2N2O2/c1-10-9-20(14-8-12(18)11(17)7-13(14)19)5-6-21(10)15(22)23-16(2,3)4/h7-8,10H,5-6,9H2,1-4H3/t10-/m1/s1. The number of hydrogen-bond acceptors (Lipinski definition) is 3. The molecule has 1 atom stereocenters. The van der Waals surface area contributed by atoms with Gasteiger partial charge in [0.15, 0.2) is 0 Å². The van der Waals surface area contributed by atoms with Crippen LogP contribution in [-0.2, 0) is 4.74 Å². The number of ether oxygens (including phenoxy) is 1. The monoisotopic (exact) mass is 390 g/mol. The number of carbonyl (C=O) groups excluding carboxylic acids is 1. The molecule has 1 aromatic carbocycles. The molecule has 1 amide bonds. The molecule has 1 heterocycles. The maximum absolute atomic E-state index is 14.1. The lowest BCUT2D eigenvalue weighted by atomic mass is 10.1. The second kappa shape index (κ2) is 6.63. The first-order valence-corrected chi connectivity index (χ1v) is 8.27. The van der Waals surface area contributed by atoms with Crippen molar-refractivity contribution in [2.24, 2.45) is 0 Å². The fraction of sp³-hybridized carbons (Fsp3) is 0.562. The van der Waals surface area contributed by atoms with E-state index in [1.54, 1.807) is 9.80 Å².